The van der Waals surface area contributed by atoms with E-state index in [1.165, 1.54) is 0 Å². The molecule has 0 aliphatic carbocycles. The molecule has 0 heterocycles. The number of para-hydroxylation sites is 1. The molecular weight excluding hydrogens is 336 g/mol. The summed E-state index contributed by atoms with van der Waals surface area (Å²) in [5.41, 5.74) is 2.63. The van der Waals surface area contributed by atoms with Crippen molar-refractivity contribution < 1.29 is 13.2 Å². The van der Waals surface area contributed by atoms with Gasteiger partial charge in [-0.05, 0) is 31.0 Å². The second-order valence-corrected chi connectivity index (χ2v) is 7.95. The number of carbonyl (C=O) groups is 1. The van der Waals surface area contributed by atoms with Gasteiger partial charge >= 0.3 is 0 Å². The standard InChI is InChI=1S/C19H24N2O3S/c1-4-18(16-12-10-15(2)11-13-16)20-19(22)14-21(25(3,23)24)17-8-6-5-7-9-17/h5-13,18H,4,14H2,1-3H3,(H,20,22)/t18-/m0/s1. The molecule has 5 nitrogen and oxygen atoms in total. The number of carbonyl (C=O) groups excluding carboxylic acids is 1. The third-order valence-corrected chi connectivity index (χ3v) is 5.10. The highest BCUT2D eigenvalue weighted by molar-refractivity contribution is 7.92. The van der Waals surface area contributed by atoms with E-state index in [1.807, 2.05) is 38.1 Å². The Balaban J connectivity index is 2.14. The molecule has 134 valence electrons. The van der Waals surface area contributed by atoms with Crippen molar-refractivity contribution in [2.45, 2.75) is 26.3 Å². The van der Waals surface area contributed by atoms with E-state index in [0.717, 1.165) is 28.1 Å². The van der Waals surface area contributed by atoms with E-state index >= 15 is 0 Å². The largest absolute Gasteiger partial charge is 0.348 e. The minimum Gasteiger partial charge on any atom is -0.348 e. The SMILES string of the molecule is CC[C@H](NC(=O)CN(c1ccccc1)S(C)(=O)=O)c1ccc(C)cc1. The maximum absolute atomic E-state index is 12.5. The topological polar surface area (TPSA) is 66.5 Å². The van der Waals surface area contributed by atoms with E-state index in [9.17, 15) is 13.2 Å². The molecule has 0 saturated heterocycles. The zero-order chi connectivity index (χ0) is 18.4. The monoisotopic (exact) mass is 360 g/mol. The van der Waals surface area contributed by atoms with Gasteiger partial charge in [-0.3, -0.25) is 9.10 Å². The molecule has 2 rings (SSSR count). The molecule has 0 spiro atoms. The number of rotatable bonds is 7. The predicted octanol–water partition coefficient (Wildman–Crippen LogP) is 3.03. The Bertz CT molecular complexity index is 802. The van der Waals surface area contributed by atoms with Gasteiger partial charge in [0.25, 0.3) is 0 Å². The summed E-state index contributed by atoms with van der Waals surface area (Å²) in [6, 6.07) is 16.4. The molecule has 1 atom stereocenters. The average Bonchev–Trinajstić information content (AvgIpc) is 2.58. The van der Waals surface area contributed by atoms with E-state index in [1.54, 1.807) is 30.3 Å². The number of aryl methyl sites for hydroxylation is 1. The van der Waals surface area contributed by atoms with Crippen molar-refractivity contribution in [1.82, 2.24) is 5.32 Å². The first-order chi connectivity index (χ1) is 11.8. The third kappa shape index (κ3) is 5.32. The van der Waals surface area contributed by atoms with E-state index in [0.29, 0.717) is 5.69 Å². The van der Waals surface area contributed by atoms with E-state index in [4.69, 9.17) is 0 Å². The molecule has 1 N–H and O–H groups in total. The number of nitrogens with zero attached hydrogens (tertiary/aromatic N) is 1. The predicted molar refractivity (Wildman–Crippen MR) is 101 cm³/mol. The smallest absolute Gasteiger partial charge is 0.241 e. The van der Waals surface area contributed by atoms with Crippen LogP contribution in [-0.4, -0.2) is 27.1 Å². The minimum absolute atomic E-state index is 0.148. The highest BCUT2D eigenvalue weighted by Crippen LogP contribution is 2.19. The third-order valence-electron chi connectivity index (χ3n) is 3.95. The fraction of sp³-hybridized carbons (Fsp3) is 0.316. The van der Waals surface area contributed by atoms with Crippen LogP contribution >= 0.6 is 0 Å². The molecule has 0 bridgehead atoms. The Morgan fingerprint density at radius 1 is 1.08 bits per heavy atom. The van der Waals surface area contributed by atoms with Crippen LogP contribution in [0.15, 0.2) is 54.6 Å². The van der Waals surface area contributed by atoms with Crippen LogP contribution in [0, 0.1) is 6.92 Å². The van der Waals surface area contributed by atoms with Crippen LogP contribution in [0.3, 0.4) is 0 Å². The van der Waals surface area contributed by atoms with Crippen molar-refractivity contribution in [2.24, 2.45) is 0 Å². The van der Waals surface area contributed by atoms with Crippen LogP contribution in [0.2, 0.25) is 0 Å². The first kappa shape index (κ1) is 19.0. The molecule has 0 fully saturated rings. The summed E-state index contributed by atoms with van der Waals surface area (Å²) in [4.78, 5) is 12.5. The van der Waals surface area contributed by atoms with Gasteiger partial charge in [-0.25, -0.2) is 8.42 Å². The van der Waals surface area contributed by atoms with Crippen molar-refractivity contribution >= 4 is 21.6 Å². The van der Waals surface area contributed by atoms with Crippen molar-refractivity contribution in [2.75, 3.05) is 17.1 Å². The zero-order valence-electron chi connectivity index (χ0n) is 14.8. The number of benzene rings is 2. The van der Waals surface area contributed by atoms with Gasteiger partial charge in [0, 0.05) is 0 Å². The molecule has 0 unspecified atom stereocenters. The molecule has 0 aliphatic heterocycles. The van der Waals surface area contributed by atoms with Gasteiger partial charge in [-0.1, -0.05) is 55.0 Å². The van der Waals surface area contributed by atoms with Gasteiger partial charge in [-0.15, -0.1) is 0 Å². The summed E-state index contributed by atoms with van der Waals surface area (Å²) in [5, 5.41) is 2.93. The summed E-state index contributed by atoms with van der Waals surface area (Å²) in [7, 11) is -3.55. The Hall–Kier alpha value is -2.34. The maximum atomic E-state index is 12.5. The van der Waals surface area contributed by atoms with Gasteiger partial charge in [-0.2, -0.15) is 0 Å². The molecule has 25 heavy (non-hydrogen) atoms. The van der Waals surface area contributed by atoms with Crippen molar-refractivity contribution in [3.05, 3.63) is 65.7 Å². The number of hydrogen-bond acceptors (Lipinski definition) is 3. The first-order valence-corrected chi connectivity index (χ1v) is 10.0. The summed E-state index contributed by atoms with van der Waals surface area (Å²) < 4.78 is 25.3. The van der Waals surface area contributed by atoms with Gasteiger partial charge < -0.3 is 5.32 Å². The lowest BCUT2D eigenvalue weighted by Gasteiger charge is -2.24. The number of nitrogens with one attached hydrogen (secondary N) is 1. The number of amides is 1. The molecule has 2 aromatic rings. The maximum Gasteiger partial charge on any atom is 0.241 e. The van der Waals surface area contributed by atoms with Crippen LogP contribution in [0.25, 0.3) is 0 Å². The minimum atomic E-state index is -3.55. The molecule has 1 amide bonds. The lowest BCUT2D eigenvalue weighted by molar-refractivity contribution is -0.120. The average molecular weight is 360 g/mol. The Labute approximate surface area is 149 Å². The second kappa shape index (κ2) is 8.16. The van der Waals surface area contributed by atoms with E-state index in [2.05, 4.69) is 5.32 Å². The van der Waals surface area contributed by atoms with Crippen LogP contribution < -0.4 is 9.62 Å². The van der Waals surface area contributed by atoms with Gasteiger partial charge in [0.05, 0.1) is 18.0 Å². The summed E-state index contributed by atoms with van der Waals surface area (Å²) in [6.07, 6.45) is 1.82. The summed E-state index contributed by atoms with van der Waals surface area (Å²) in [6.45, 7) is 3.74. The Morgan fingerprint density at radius 2 is 1.68 bits per heavy atom. The highest BCUT2D eigenvalue weighted by atomic mass is 32.2. The fourth-order valence-corrected chi connectivity index (χ4v) is 3.44. The molecule has 0 aliphatic rings. The number of sulfonamides is 1. The van der Waals surface area contributed by atoms with Crippen LogP contribution in [0.5, 0.6) is 0 Å². The molecule has 0 aromatic heterocycles. The second-order valence-electron chi connectivity index (χ2n) is 6.04. The summed E-state index contributed by atoms with van der Waals surface area (Å²) in [5.74, 6) is -0.332. The highest BCUT2D eigenvalue weighted by Gasteiger charge is 2.22. The number of anilines is 1. The zero-order valence-corrected chi connectivity index (χ0v) is 15.6. The summed E-state index contributed by atoms with van der Waals surface area (Å²) >= 11 is 0. The van der Waals surface area contributed by atoms with E-state index in [-0.39, 0.29) is 18.5 Å². The first-order valence-electron chi connectivity index (χ1n) is 8.20. The molecule has 0 radical (unpaired) electrons. The number of hydrogen-bond donors (Lipinski definition) is 1. The molecule has 6 heteroatoms. The van der Waals surface area contributed by atoms with Gasteiger partial charge in [0.1, 0.15) is 6.54 Å². The van der Waals surface area contributed by atoms with Crippen LogP contribution in [0.4, 0.5) is 5.69 Å². The van der Waals surface area contributed by atoms with Gasteiger partial charge in [0.15, 0.2) is 0 Å². The molecule has 2 aromatic carbocycles. The quantitative estimate of drug-likeness (QED) is 0.825. The van der Waals surface area contributed by atoms with Crippen molar-refractivity contribution in [3.63, 3.8) is 0 Å². The van der Waals surface area contributed by atoms with Crippen molar-refractivity contribution in [3.8, 4) is 0 Å². The van der Waals surface area contributed by atoms with Gasteiger partial charge in [0.2, 0.25) is 15.9 Å². The van der Waals surface area contributed by atoms with E-state index < -0.39 is 10.0 Å². The van der Waals surface area contributed by atoms with Crippen LogP contribution in [0.1, 0.15) is 30.5 Å². The normalized spacial score (nSPS) is 12.4. The lowest BCUT2D eigenvalue weighted by Crippen LogP contribution is -2.41. The molecular formula is C19H24N2O3S. The fourth-order valence-electron chi connectivity index (χ4n) is 2.58. The van der Waals surface area contributed by atoms with Crippen molar-refractivity contribution in [1.29, 1.82) is 0 Å². The Morgan fingerprint density at radius 3 is 2.20 bits per heavy atom. The Kier molecular flexibility index (Phi) is 6.20. The molecule has 0 saturated carbocycles. The lowest BCUT2D eigenvalue weighted by atomic mass is 10.0. The van der Waals surface area contributed by atoms with Crippen LogP contribution in [-0.2, 0) is 14.8 Å².